The fraction of sp³-hybridized carbons (Fsp3) is 0.0714. The minimum atomic E-state index is -3.29. The third-order valence-corrected chi connectivity index (χ3v) is 4.38. The van der Waals surface area contributed by atoms with Crippen LogP contribution in [0.1, 0.15) is 10.4 Å². The Kier molecular flexibility index (Phi) is 3.18. The summed E-state index contributed by atoms with van der Waals surface area (Å²) in [5, 5.41) is 9.63. The fourth-order valence-electron chi connectivity index (χ4n) is 2.21. The summed E-state index contributed by atoms with van der Waals surface area (Å²) in [6.45, 7) is 0. The number of benzene rings is 1. The number of H-pyrrole nitrogens is 1. The molecule has 0 radical (unpaired) electrons. The molecule has 0 bridgehead atoms. The second-order valence-electron chi connectivity index (χ2n) is 4.75. The predicted octanol–water partition coefficient (Wildman–Crippen LogP) is 1.73. The molecule has 0 unspecified atom stereocenters. The van der Waals surface area contributed by atoms with Crippen LogP contribution in [-0.4, -0.2) is 40.7 Å². The van der Waals surface area contributed by atoms with Gasteiger partial charge >= 0.3 is 5.97 Å². The maximum Gasteiger partial charge on any atom is 0.338 e. The largest absolute Gasteiger partial charge is 0.478 e. The zero-order chi connectivity index (χ0) is 15.9. The zero-order valence-corrected chi connectivity index (χ0v) is 12.3. The van der Waals surface area contributed by atoms with E-state index in [9.17, 15) is 18.3 Å². The monoisotopic (exact) mass is 317 g/mol. The molecule has 2 heterocycles. The Hall–Kier alpha value is -2.74. The Morgan fingerprint density at radius 2 is 1.86 bits per heavy atom. The Morgan fingerprint density at radius 3 is 2.45 bits per heavy atom. The van der Waals surface area contributed by atoms with E-state index in [-0.39, 0.29) is 10.5 Å². The number of carbonyl (C=O) groups is 1. The van der Waals surface area contributed by atoms with Crippen molar-refractivity contribution in [2.24, 2.45) is 0 Å². The van der Waals surface area contributed by atoms with Crippen LogP contribution < -0.4 is 0 Å². The van der Waals surface area contributed by atoms with Gasteiger partial charge in [-0.15, -0.1) is 0 Å². The minimum Gasteiger partial charge on any atom is -0.478 e. The summed E-state index contributed by atoms with van der Waals surface area (Å²) < 4.78 is 23.0. The summed E-state index contributed by atoms with van der Waals surface area (Å²) >= 11 is 0. The van der Waals surface area contributed by atoms with E-state index in [0.717, 1.165) is 6.26 Å². The summed E-state index contributed by atoms with van der Waals surface area (Å²) in [5.74, 6) is -1.09. The number of nitrogens with one attached hydrogen (secondary N) is 1. The van der Waals surface area contributed by atoms with Crippen molar-refractivity contribution in [1.29, 1.82) is 0 Å². The van der Waals surface area contributed by atoms with Crippen LogP contribution in [0.2, 0.25) is 0 Å². The maximum absolute atomic E-state index is 11.5. The standard InChI is InChI=1S/C14H11N3O4S/c1-22(20,21)9-4-2-8(3-5-9)12-11-10(14(18)19)6-15-13(11)17-7-16-12/h2-7H,1H3,(H,18,19)(H,15,16,17). The lowest BCUT2D eigenvalue weighted by Gasteiger charge is -2.05. The van der Waals surface area contributed by atoms with Gasteiger partial charge in [-0.25, -0.2) is 23.2 Å². The molecule has 22 heavy (non-hydrogen) atoms. The molecule has 8 heteroatoms. The number of aromatic amines is 1. The van der Waals surface area contributed by atoms with Crippen LogP contribution in [-0.2, 0) is 9.84 Å². The van der Waals surface area contributed by atoms with Crippen molar-refractivity contribution in [1.82, 2.24) is 15.0 Å². The lowest BCUT2D eigenvalue weighted by molar-refractivity contribution is 0.0699. The van der Waals surface area contributed by atoms with Crippen LogP contribution in [0.25, 0.3) is 22.3 Å². The second kappa shape index (κ2) is 4.92. The molecule has 3 aromatic rings. The molecular formula is C14H11N3O4S. The average Bonchev–Trinajstić information content (AvgIpc) is 2.90. The predicted molar refractivity (Wildman–Crippen MR) is 79.4 cm³/mol. The summed E-state index contributed by atoms with van der Waals surface area (Å²) in [6.07, 6.45) is 3.81. The third-order valence-electron chi connectivity index (χ3n) is 3.26. The molecule has 0 aliphatic rings. The van der Waals surface area contributed by atoms with Crippen LogP contribution >= 0.6 is 0 Å². The first-order chi connectivity index (χ1) is 10.4. The number of sulfone groups is 1. The quantitative estimate of drug-likeness (QED) is 0.760. The van der Waals surface area contributed by atoms with E-state index in [0.29, 0.717) is 22.3 Å². The Bertz CT molecular complexity index is 975. The van der Waals surface area contributed by atoms with Crippen LogP contribution in [0.5, 0.6) is 0 Å². The van der Waals surface area contributed by atoms with Gasteiger partial charge in [0.15, 0.2) is 9.84 Å². The molecule has 7 nitrogen and oxygen atoms in total. The van der Waals surface area contributed by atoms with Gasteiger partial charge in [0, 0.05) is 18.0 Å². The summed E-state index contributed by atoms with van der Waals surface area (Å²) in [5.41, 5.74) is 1.53. The highest BCUT2D eigenvalue weighted by Crippen LogP contribution is 2.28. The summed E-state index contributed by atoms with van der Waals surface area (Å²) in [7, 11) is -3.29. The van der Waals surface area contributed by atoms with E-state index in [1.165, 1.54) is 24.7 Å². The number of nitrogens with zero attached hydrogens (tertiary/aromatic N) is 2. The molecule has 112 valence electrons. The molecule has 0 aliphatic heterocycles. The number of aromatic carboxylic acids is 1. The molecule has 0 saturated heterocycles. The van der Waals surface area contributed by atoms with Crippen molar-refractivity contribution in [2.75, 3.05) is 6.26 Å². The highest BCUT2D eigenvalue weighted by Gasteiger charge is 2.17. The molecular weight excluding hydrogens is 306 g/mol. The average molecular weight is 317 g/mol. The van der Waals surface area contributed by atoms with Crippen LogP contribution in [0.3, 0.4) is 0 Å². The first-order valence-corrected chi connectivity index (χ1v) is 8.13. The van der Waals surface area contributed by atoms with Crippen molar-refractivity contribution < 1.29 is 18.3 Å². The number of carboxylic acid groups (broad SMARTS) is 1. The molecule has 1 aromatic carbocycles. The molecule has 0 aliphatic carbocycles. The Morgan fingerprint density at radius 1 is 1.18 bits per heavy atom. The van der Waals surface area contributed by atoms with Crippen molar-refractivity contribution in [3.05, 3.63) is 42.4 Å². The SMILES string of the molecule is CS(=O)(=O)c1ccc(-c2ncnc3[nH]cc(C(=O)O)c23)cc1. The van der Waals surface area contributed by atoms with Gasteiger partial charge in [-0.05, 0) is 12.1 Å². The van der Waals surface area contributed by atoms with Crippen molar-refractivity contribution in [3.63, 3.8) is 0 Å². The lowest BCUT2D eigenvalue weighted by atomic mass is 10.1. The normalized spacial score (nSPS) is 11.7. The lowest BCUT2D eigenvalue weighted by Crippen LogP contribution is -1.98. The van der Waals surface area contributed by atoms with E-state index >= 15 is 0 Å². The van der Waals surface area contributed by atoms with E-state index in [2.05, 4.69) is 15.0 Å². The van der Waals surface area contributed by atoms with Gasteiger partial charge in [-0.3, -0.25) is 0 Å². The smallest absolute Gasteiger partial charge is 0.338 e. The summed E-state index contributed by atoms with van der Waals surface area (Å²) in [6, 6.07) is 6.12. The Balaban J connectivity index is 2.22. The van der Waals surface area contributed by atoms with Crippen LogP contribution in [0, 0.1) is 0 Å². The van der Waals surface area contributed by atoms with Crippen molar-refractivity contribution in [2.45, 2.75) is 4.90 Å². The second-order valence-corrected chi connectivity index (χ2v) is 6.77. The molecule has 0 fully saturated rings. The first-order valence-electron chi connectivity index (χ1n) is 6.24. The van der Waals surface area contributed by atoms with Crippen molar-refractivity contribution in [3.8, 4) is 11.3 Å². The highest BCUT2D eigenvalue weighted by atomic mass is 32.2. The van der Waals surface area contributed by atoms with Gasteiger partial charge in [0.05, 0.1) is 21.5 Å². The molecule has 0 saturated carbocycles. The van der Waals surface area contributed by atoms with E-state index in [1.54, 1.807) is 12.1 Å². The van der Waals surface area contributed by atoms with Crippen LogP contribution in [0.4, 0.5) is 0 Å². The zero-order valence-electron chi connectivity index (χ0n) is 11.4. The molecule has 0 atom stereocenters. The number of hydrogen-bond acceptors (Lipinski definition) is 5. The number of hydrogen-bond donors (Lipinski definition) is 2. The fourth-order valence-corrected chi connectivity index (χ4v) is 2.84. The van der Waals surface area contributed by atoms with Crippen LogP contribution in [0.15, 0.2) is 41.7 Å². The van der Waals surface area contributed by atoms with E-state index in [1.807, 2.05) is 0 Å². The molecule has 0 amide bonds. The van der Waals surface area contributed by atoms with Gasteiger partial charge < -0.3 is 10.1 Å². The Labute approximate surface area is 125 Å². The van der Waals surface area contributed by atoms with E-state index < -0.39 is 15.8 Å². The number of rotatable bonds is 3. The van der Waals surface area contributed by atoms with Gasteiger partial charge in [-0.1, -0.05) is 12.1 Å². The minimum absolute atomic E-state index is 0.0674. The van der Waals surface area contributed by atoms with Gasteiger partial charge in [-0.2, -0.15) is 0 Å². The maximum atomic E-state index is 11.5. The summed E-state index contributed by atoms with van der Waals surface area (Å²) in [4.78, 5) is 22.4. The van der Waals surface area contributed by atoms with Gasteiger partial charge in [0.1, 0.15) is 12.0 Å². The van der Waals surface area contributed by atoms with E-state index in [4.69, 9.17) is 0 Å². The topological polar surface area (TPSA) is 113 Å². The molecule has 2 N–H and O–H groups in total. The molecule has 0 spiro atoms. The first kappa shape index (κ1) is 14.2. The molecule has 2 aromatic heterocycles. The van der Waals surface area contributed by atoms with Gasteiger partial charge in [0.2, 0.25) is 0 Å². The van der Waals surface area contributed by atoms with Gasteiger partial charge in [0.25, 0.3) is 0 Å². The highest BCUT2D eigenvalue weighted by molar-refractivity contribution is 7.90. The number of aromatic nitrogens is 3. The molecule has 3 rings (SSSR count). The third kappa shape index (κ3) is 2.33. The van der Waals surface area contributed by atoms with Crippen molar-refractivity contribution >= 4 is 26.8 Å². The number of fused-ring (bicyclic) bond motifs is 1. The number of carboxylic acids is 1.